The maximum atomic E-state index is 11.2. The van der Waals surface area contributed by atoms with Gasteiger partial charge >= 0.3 is 5.97 Å². The molecule has 1 aromatic heterocycles. The quantitative estimate of drug-likeness (QED) is 0.905. The Kier molecular flexibility index (Phi) is 3.85. The van der Waals surface area contributed by atoms with Crippen LogP contribution in [-0.2, 0) is 0 Å². The Bertz CT molecular complexity index is 663. The highest BCUT2D eigenvalue weighted by Gasteiger charge is 2.22. The lowest BCUT2D eigenvalue weighted by molar-refractivity contribution is 0.0703. The van der Waals surface area contributed by atoms with Crippen molar-refractivity contribution in [1.82, 2.24) is 0 Å². The summed E-state index contributed by atoms with van der Waals surface area (Å²) in [5, 5.41) is 9.15. The van der Waals surface area contributed by atoms with Gasteiger partial charge in [0, 0.05) is 10.4 Å². The minimum atomic E-state index is -1.02. The smallest absolute Gasteiger partial charge is 0.348 e. The Labute approximate surface area is 120 Å². The molecule has 20 heavy (non-hydrogen) atoms. The van der Waals surface area contributed by atoms with E-state index in [2.05, 4.69) is 0 Å². The second-order valence-electron chi connectivity index (χ2n) is 4.15. The highest BCUT2D eigenvalue weighted by molar-refractivity contribution is 7.18. The van der Waals surface area contributed by atoms with E-state index in [-0.39, 0.29) is 4.88 Å². The molecule has 0 radical (unpaired) electrons. The number of rotatable bonds is 4. The number of hydrogen-bond donors (Lipinski definition) is 2. The maximum Gasteiger partial charge on any atom is 0.348 e. The summed E-state index contributed by atoms with van der Waals surface area (Å²) in [5.41, 5.74) is 7.66. The second-order valence-corrected chi connectivity index (χ2v) is 5.17. The summed E-state index contributed by atoms with van der Waals surface area (Å²) in [6, 6.07) is 5.46. The van der Waals surface area contributed by atoms with Gasteiger partial charge in [-0.05, 0) is 24.6 Å². The highest BCUT2D eigenvalue weighted by Crippen LogP contribution is 2.45. The average Bonchev–Trinajstić information content (AvgIpc) is 2.74. The van der Waals surface area contributed by atoms with Crippen molar-refractivity contribution >= 4 is 23.0 Å². The molecule has 0 aliphatic rings. The van der Waals surface area contributed by atoms with Crippen molar-refractivity contribution in [2.75, 3.05) is 20.0 Å². The number of nitrogens with two attached hydrogens (primary N) is 1. The highest BCUT2D eigenvalue weighted by atomic mass is 32.1. The average molecular weight is 293 g/mol. The van der Waals surface area contributed by atoms with E-state index < -0.39 is 5.97 Å². The van der Waals surface area contributed by atoms with Gasteiger partial charge in [-0.25, -0.2) is 4.79 Å². The van der Waals surface area contributed by atoms with E-state index in [1.165, 1.54) is 0 Å². The third-order valence-electron chi connectivity index (χ3n) is 3.04. The molecule has 2 rings (SSSR count). The van der Waals surface area contributed by atoms with Crippen molar-refractivity contribution in [3.8, 4) is 21.9 Å². The van der Waals surface area contributed by atoms with Crippen LogP contribution in [0.4, 0.5) is 5.69 Å². The minimum Gasteiger partial charge on any atom is -0.493 e. The maximum absolute atomic E-state index is 11.2. The van der Waals surface area contributed by atoms with E-state index in [1.54, 1.807) is 27.2 Å². The van der Waals surface area contributed by atoms with Crippen LogP contribution in [0, 0.1) is 6.92 Å². The molecule has 1 aromatic carbocycles. The van der Waals surface area contributed by atoms with Crippen LogP contribution < -0.4 is 15.2 Å². The second kappa shape index (κ2) is 5.42. The van der Waals surface area contributed by atoms with E-state index in [4.69, 9.17) is 20.3 Å². The van der Waals surface area contributed by atoms with Gasteiger partial charge in [-0.2, -0.15) is 0 Å². The van der Waals surface area contributed by atoms with E-state index in [1.807, 2.05) is 12.1 Å². The van der Waals surface area contributed by atoms with Crippen molar-refractivity contribution in [1.29, 1.82) is 0 Å². The minimum absolute atomic E-state index is 0.141. The fraction of sp³-hybridized carbons (Fsp3) is 0.214. The summed E-state index contributed by atoms with van der Waals surface area (Å²) in [6.07, 6.45) is 0. The number of carboxylic acids is 1. The number of methoxy groups -OCH3 is 2. The Morgan fingerprint density at radius 3 is 2.50 bits per heavy atom. The Hall–Kier alpha value is -2.21. The summed E-state index contributed by atoms with van der Waals surface area (Å²) < 4.78 is 10.6. The molecule has 1 heterocycles. The van der Waals surface area contributed by atoms with Crippen LogP contribution in [0.5, 0.6) is 11.5 Å². The van der Waals surface area contributed by atoms with Crippen LogP contribution in [0.25, 0.3) is 10.4 Å². The molecule has 0 aliphatic heterocycles. The number of hydrogen-bond acceptors (Lipinski definition) is 5. The topological polar surface area (TPSA) is 81.8 Å². The molecule has 0 fully saturated rings. The summed E-state index contributed by atoms with van der Waals surface area (Å²) in [6.45, 7) is 1.80. The van der Waals surface area contributed by atoms with E-state index in [0.717, 1.165) is 27.3 Å². The zero-order chi connectivity index (χ0) is 14.9. The van der Waals surface area contributed by atoms with E-state index in [0.29, 0.717) is 17.2 Å². The molecular formula is C14H15NO4S. The predicted octanol–water partition coefficient (Wildman–Crippen LogP) is 3.02. The zero-order valence-electron chi connectivity index (χ0n) is 11.4. The Morgan fingerprint density at radius 2 is 2.00 bits per heavy atom. The molecule has 0 saturated heterocycles. The lowest BCUT2D eigenvalue weighted by Crippen LogP contribution is -1.97. The monoisotopic (exact) mass is 293 g/mol. The van der Waals surface area contributed by atoms with Gasteiger partial charge in [0.1, 0.15) is 4.88 Å². The van der Waals surface area contributed by atoms with Crippen molar-refractivity contribution in [3.63, 3.8) is 0 Å². The largest absolute Gasteiger partial charge is 0.493 e. The summed E-state index contributed by atoms with van der Waals surface area (Å²) in [5.74, 6) is 0.133. The molecule has 2 aromatic rings. The van der Waals surface area contributed by atoms with Crippen molar-refractivity contribution in [2.45, 2.75) is 6.92 Å². The summed E-state index contributed by atoms with van der Waals surface area (Å²) in [4.78, 5) is 12.1. The van der Waals surface area contributed by atoms with Crippen LogP contribution >= 0.6 is 11.3 Å². The number of para-hydroxylation sites is 1. The summed E-state index contributed by atoms with van der Waals surface area (Å²) in [7, 11) is 3.10. The number of carbonyl (C=O) groups is 1. The van der Waals surface area contributed by atoms with Gasteiger partial charge in [-0.1, -0.05) is 6.07 Å². The zero-order valence-corrected chi connectivity index (χ0v) is 12.2. The SMILES string of the molecule is COc1cccc(-c2sc(C(=O)O)c(N)c2C)c1OC. The van der Waals surface area contributed by atoms with Crippen LogP contribution in [0.1, 0.15) is 15.2 Å². The molecule has 3 N–H and O–H groups in total. The molecule has 0 bridgehead atoms. The normalized spacial score (nSPS) is 10.3. The number of thiophene rings is 1. The fourth-order valence-electron chi connectivity index (χ4n) is 2.01. The number of nitrogen functional groups attached to an aromatic ring is 1. The molecule has 6 heteroatoms. The molecule has 0 spiro atoms. The third kappa shape index (κ3) is 2.18. The van der Waals surface area contributed by atoms with Gasteiger partial charge < -0.3 is 20.3 Å². The van der Waals surface area contributed by atoms with Crippen LogP contribution in [-0.4, -0.2) is 25.3 Å². The third-order valence-corrected chi connectivity index (χ3v) is 4.36. The van der Waals surface area contributed by atoms with Crippen LogP contribution in [0.3, 0.4) is 0 Å². The molecule has 0 saturated carbocycles. The molecule has 0 aliphatic carbocycles. The predicted molar refractivity (Wildman–Crippen MR) is 79.0 cm³/mol. The van der Waals surface area contributed by atoms with Crippen molar-refractivity contribution in [2.24, 2.45) is 0 Å². The standard InChI is InChI=1S/C14H15NO4S/c1-7-10(15)13(14(16)17)20-12(7)8-5-4-6-9(18-2)11(8)19-3/h4-6H,15H2,1-3H3,(H,16,17). The van der Waals surface area contributed by atoms with Crippen LogP contribution in [0.2, 0.25) is 0 Å². The van der Waals surface area contributed by atoms with Gasteiger partial charge in [-0.3, -0.25) is 0 Å². The van der Waals surface area contributed by atoms with Crippen LogP contribution in [0.15, 0.2) is 18.2 Å². The molecular weight excluding hydrogens is 278 g/mol. The van der Waals surface area contributed by atoms with E-state index >= 15 is 0 Å². The molecule has 0 amide bonds. The fourth-order valence-corrected chi connectivity index (χ4v) is 3.10. The number of anilines is 1. The molecule has 0 atom stereocenters. The first kappa shape index (κ1) is 14.2. The Morgan fingerprint density at radius 1 is 1.30 bits per heavy atom. The van der Waals surface area contributed by atoms with Gasteiger partial charge in [0.25, 0.3) is 0 Å². The van der Waals surface area contributed by atoms with Gasteiger partial charge in [-0.15, -0.1) is 11.3 Å². The molecule has 5 nitrogen and oxygen atoms in total. The van der Waals surface area contributed by atoms with Crippen molar-refractivity contribution in [3.05, 3.63) is 28.6 Å². The van der Waals surface area contributed by atoms with Gasteiger partial charge in [0.2, 0.25) is 0 Å². The number of carboxylic acid groups (broad SMARTS) is 1. The molecule has 106 valence electrons. The first-order valence-electron chi connectivity index (χ1n) is 5.84. The lowest BCUT2D eigenvalue weighted by atomic mass is 10.1. The van der Waals surface area contributed by atoms with Gasteiger partial charge in [0.05, 0.1) is 19.9 Å². The Balaban J connectivity index is 2.69. The lowest BCUT2D eigenvalue weighted by Gasteiger charge is -2.12. The first-order chi connectivity index (χ1) is 9.51. The number of aromatic carboxylic acids is 1. The summed E-state index contributed by atoms with van der Waals surface area (Å²) >= 11 is 1.14. The molecule has 0 unspecified atom stereocenters. The first-order valence-corrected chi connectivity index (χ1v) is 6.66. The van der Waals surface area contributed by atoms with E-state index in [9.17, 15) is 4.79 Å². The number of ether oxygens (including phenoxy) is 2. The van der Waals surface area contributed by atoms with Crippen molar-refractivity contribution < 1.29 is 19.4 Å². The van der Waals surface area contributed by atoms with Gasteiger partial charge in [0.15, 0.2) is 11.5 Å². The number of benzene rings is 1.